The topological polar surface area (TPSA) is 49.4 Å². The third-order valence-corrected chi connectivity index (χ3v) is 4.86. The van der Waals surface area contributed by atoms with Crippen molar-refractivity contribution in [2.75, 3.05) is 18.4 Å². The van der Waals surface area contributed by atoms with E-state index in [1.54, 1.807) is 24.3 Å². The van der Waals surface area contributed by atoms with Gasteiger partial charge in [-0.25, -0.2) is 0 Å². The van der Waals surface area contributed by atoms with E-state index in [1.807, 2.05) is 4.90 Å². The number of rotatable bonds is 3. The van der Waals surface area contributed by atoms with E-state index in [1.165, 1.54) is 0 Å². The SMILES string of the molecule is CC1CCCN(C(=O)C2(C(=O)Nc3cccc(Cl)c3)CC2)C1. The largest absolute Gasteiger partial charge is 0.342 e. The zero-order valence-electron chi connectivity index (χ0n) is 12.8. The Hall–Kier alpha value is -1.55. The maximum atomic E-state index is 12.8. The van der Waals surface area contributed by atoms with Crippen molar-refractivity contribution < 1.29 is 9.59 Å². The van der Waals surface area contributed by atoms with Gasteiger partial charge in [0, 0.05) is 23.8 Å². The van der Waals surface area contributed by atoms with E-state index in [9.17, 15) is 9.59 Å². The third kappa shape index (κ3) is 2.98. The van der Waals surface area contributed by atoms with Crippen LogP contribution >= 0.6 is 11.6 Å². The summed E-state index contributed by atoms with van der Waals surface area (Å²) in [6.07, 6.45) is 3.47. The molecule has 1 atom stereocenters. The van der Waals surface area contributed by atoms with E-state index >= 15 is 0 Å². The van der Waals surface area contributed by atoms with Crippen LogP contribution in [0.25, 0.3) is 0 Å². The van der Waals surface area contributed by atoms with Crippen LogP contribution in [-0.2, 0) is 9.59 Å². The zero-order valence-corrected chi connectivity index (χ0v) is 13.5. The van der Waals surface area contributed by atoms with Crippen molar-refractivity contribution >= 4 is 29.1 Å². The molecule has 0 aromatic heterocycles. The van der Waals surface area contributed by atoms with Gasteiger partial charge in [0.2, 0.25) is 11.8 Å². The summed E-state index contributed by atoms with van der Waals surface area (Å²) in [7, 11) is 0. The summed E-state index contributed by atoms with van der Waals surface area (Å²) in [5.41, 5.74) is -0.206. The molecule has 0 radical (unpaired) electrons. The fourth-order valence-electron chi connectivity index (χ4n) is 3.16. The van der Waals surface area contributed by atoms with Crippen LogP contribution in [0.4, 0.5) is 5.69 Å². The maximum absolute atomic E-state index is 12.8. The lowest BCUT2D eigenvalue weighted by molar-refractivity contribution is -0.143. The fourth-order valence-corrected chi connectivity index (χ4v) is 3.35. The van der Waals surface area contributed by atoms with E-state index in [2.05, 4.69) is 12.2 Å². The monoisotopic (exact) mass is 320 g/mol. The first-order valence-electron chi connectivity index (χ1n) is 7.88. The van der Waals surface area contributed by atoms with Gasteiger partial charge in [0.1, 0.15) is 5.41 Å². The van der Waals surface area contributed by atoms with Crippen LogP contribution in [0, 0.1) is 11.3 Å². The number of hydrogen-bond donors (Lipinski definition) is 1. The second-order valence-electron chi connectivity index (χ2n) is 6.55. The average molecular weight is 321 g/mol. The highest BCUT2D eigenvalue weighted by Gasteiger charge is 2.58. The summed E-state index contributed by atoms with van der Waals surface area (Å²) in [5.74, 6) is 0.320. The fraction of sp³-hybridized carbons (Fsp3) is 0.529. The van der Waals surface area contributed by atoms with Crippen molar-refractivity contribution in [3.63, 3.8) is 0 Å². The van der Waals surface area contributed by atoms with Crippen LogP contribution in [0.5, 0.6) is 0 Å². The molecule has 5 heteroatoms. The van der Waals surface area contributed by atoms with Crippen molar-refractivity contribution in [1.29, 1.82) is 0 Å². The minimum absolute atomic E-state index is 0.00132. The van der Waals surface area contributed by atoms with Gasteiger partial charge in [-0.3, -0.25) is 9.59 Å². The molecule has 2 aliphatic rings. The second-order valence-corrected chi connectivity index (χ2v) is 6.98. The molecule has 4 nitrogen and oxygen atoms in total. The Morgan fingerprint density at radius 2 is 2.14 bits per heavy atom. The molecule has 22 heavy (non-hydrogen) atoms. The third-order valence-electron chi connectivity index (χ3n) is 4.62. The predicted octanol–water partition coefficient (Wildman–Crippen LogP) is 3.32. The van der Waals surface area contributed by atoms with E-state index in [0.717, 1.165) is 25.9 Å². The first-order valence-corrected chi connectivity index (χ1v) is 8.25. The number of carbonyl (C=O) groups excluding carboxylic acids is 2. The molecule has 0 spiro atoms. The van der Waals surface area contributed by atoms with Crippen molar-refractivity contribution in [1.82, 2.24) is 4.90 Å². The van der Waals surface area contributed by atoms with Gasteiger partial charge < -0.3 is 10.2 Å². The molecule has 2 fully saturated rings. The summed E-state index contributed by atoms with van der Waals surface area (Å²) in [6.45, 7) is 3.70. The second kappa shape index (κ2) is 5.92. The Balaban J connectivity index is 1.70. The molecule has 1 saturated carbocycles. The summed E-state index contributed by atoms with van der Waals surface area (Å²) >= 11 is 5.93. The average Bonchev–Trinajstić information content (AvgIpc) is 3.28. The Kier molecular flexibility index (Phi) is 4.13. The summed E-state index contributed by atoms with van der Waals surface area (Å²) in [5, 5.41) is 3.41. The van der Waals surface area contributed by atoms with E-state index in [-0.39, 0.29) is 11.8 Å². The van der Waals surface area contributed by atoms with Gasteiger partial charge in [-0.2, -0.15) is 0 Å². The molecule has 3 rings (SSSR count). The van der Waals surface area contributed by atoms with Crippen LogP contribution in [0.1, 0.15) is 32.6 Å². The molecular formula is C17H21ClN2O2. The summed E-state index contributed by atoms with van der Waals surface area (Å²) < 4.78 is 0. The Morgan fingerprint density at radius 3 is 2.77 bits per heavy atom. The number of nitrogens with one attached hydrogen (secondary N) is 1. The Morgan fingerprint density at radius 1 is 1.36 bits per heavy atom. The molecule has 2 amide bonds. The Bertz CT molecular complexity index is 598. The lowest BCUT2D eigenvalue weighted by Gasteiger charge is -2.33. The highest BCUT2D eigenvalue weighted by Crippen LogP contribution is 2.48. The minimum Gasteiger partial charge on any atom is -0.342 e. The highest BCUT2D eigenvalue weighted by atomic mass is 35.5. The highest BCUT2D eigenvalue weighted by molar-refractivity contribution is 6.31. The number of nitrogens with zero attached hydrogens (tertiary/aromatic N) is 1. The molecule has 1 saturated heterocycles. The predicted molar refractivity (Wildman–Crippen MR) is 86.7 cm³/mol. The van der Waals surface area contributed by atoms with Gasteiger partial charge in [0.25, 0.3) is 0 Å². The molecule has 1 unspecified atom stereocenters. The van der Waals surface area contributed by atoms with Gasteiger partial charge in [-0.15, -0.1) is 0 Å². The first-order chi connectivity index (χ1) is 10.5. The molecule has 1 aliphatic heterocycles. The van der Waals surface area contributed by atoms with Crippen LogP contribution in [0.15, 0.2) is 24.3 Å². The number of carbonyl (C=O) groups is 2. The van der Waals surface area contributed by atoms with Gasteiger partial charge in [-0.05, 0) is 49.8 Å². The van der Waals surface area contributed by atoms with Crippen molar-refractivity contribution in [2.24, 2.45) is 11.3 Å². The molecule has 0 bridgehead atoms. The van der Waals surface area contributed by atoms with Gasteiger partial charge in [0.15, 0.2) is 0 Å². The normalized spacial score (nSPS) is 23.0. The van der Waals surface area contributed by atoms with E-state index in [4.69, 9.17) is 11.6 Å². The van der Waals surface area contributed by atoms with E-state index < -0.39 is 5.41 Å². The first kappa shape index (κ1) is 15.3. The van der Waals surface area contributed by atoms with Gasteiger partial charge in [0.05, 0.1) is 0 Å². The smallest absolute Gasteiger partial charge is 0.240 e. The lowest BCUT2D eigenvalue weighted by atomic mass is 9.96. The summed E-state index contributed by atoms with van der Waals surface area (Å²) in [6, 6.07) is 7.02. The lowest BCUT2D eigenvalue weighted by Crippen LogP contribution is -2.46. The molecule has 1 N–H and O–H groups in total. The number of benzene rings is 1. The molecular weight excluding hydrogens is 300 g/mol. The number of anilines is 1. The standard InChI is InChI=1S/C17H21ClN2O2/c1-12-4-3-9-20(11-12)16(22)17(7-8-17)15(21)19-14-6-2-5-13(18)10-14/h2,5-6,10,12H,3-4,7-9,11H2,1H3,(H,19,21). The van der Waals surface area contributed by atoms with Crippen molar-refractivity contribution in [3.8, 4) is 0 Å². The van der Waals surface area contributed by atoms with Crippen LogP contribution in [-0.4, -0.2) is 29.8 Å². The van der Waals surface area contributed by atoms with Gasteiger partial charge >= 0.3 is 0 Å². The van der Waals surface area contributed by atoms with Crippen LogP contribution < -0.4 is 5.32 Å². The number of amides is 2. The van der Waals surface area contributed by atoms with Crippen LogP contribution in [0.3, 0.4) is 0 Å². The number of hydrogen-bond acceptors (Lipinski definition) is 2. The zero-order chi connectivity index (χ0) is 15.7. The maximum Gasteiger partial charge on any atom is 0.240 e. The van der Waals surface area contributed by atoms with Crippen LogP contribution in [0.2, 0.25) is 5.02 Å². The molecule has 118 valence electrons. The quantitative estimate of drug-likeness (QED) is 0.869. The molecule has 1 aromatic rings. The Labute approximate surface area is 135 Å². The summed E-state index contributed by atoms with van der Waals surface area (Å²) in [4.78, 5) is 27.2. The van der Waals surface area contributed by atoms with Gasteiger partial charge in [-0.1, -0.05) is 24.6 Å². The number of halogens is 1. The van der Waals surface area contributed by atoms with Crippen molar-refractivity contribution in [2.45, 2.75) is 32.6 Å². The van der Waals surface area contributed by atoms with Crippen molar-refractivity contribution in [3.05, 3.63) is 29.3 Å². The molecule has 1 aliphatic carbocycles. The van der Waals surface area contributed by atoms with E-state index in [0.29, 0.717) is 29.5 Å². The minimum atomic E-state index is -0.848. The number of piperidine rings is 1. The number of likely N-dealkylation sites (tertiary alicyclic amines) is 1. The molecule has 1 heterocycles. The molecule has 1 aromatic carbocycles.